The van der Waals surface area contributed by atoms with Gasteiger partial charge in [-0.25, -0.2) is 0 Å². The molecule has 0 amide bonds. The summed E-state index contributed by atoms with van der Waals surface area (Å²) in [6.07, 6.45) is 2.02. The van der Waals surface area contributed by atoms with Crippen LogP contribution in [0.2, 0.25) is 0 Å². The molecule has 0 radical (unpaired) electrons. The molecule has 0 fully saturated rings. The normalized spacial score (nSPS) is 11.8. The first-order valence-electron chi connectivity index (χ1n) is 8.41. The number of aliphatic imine (C=N–C) groups is 1. The van der Waals surface area contributed by atoms with E-state index in [0.29, 0.717) is 30.4 Å². The Balaban J connectivity index is 0.00000625. The maximum absolute atomic E-state index is 11.0. The fraction of sp³-hybridized carbons (Fsp3) is 0.556. The lowest BCUT2D eigenvalue weighted by molar-refractivity contribution is -0.140. The van der Waals surface area contributed by atoms with E-state index in [2.05, 4.69) is 20.4 Å². The molecule has 1 atom stereocenters. The van der Waals surface area contributed by atoms with Gasteiger partial charge in [0.1, 0.15) is 6.10 Å². The van der Waals surface area contributed by atoms with Gasteiger partial charge in [0, 0.05) is 20.0 Å². The van der Waals surface area contributed by atoms with Gasteiger partial charge in [-0.05, 0) is 31.9 Å². The summed E-state index contributed by atoms with van der Waals surface area (Å²) in [5.74, 6) is 1.95. The average molecular weight is 479 g/mol. The second-order valence-electron chi connectivity index (χ2n) is 5.49. The Morgan fingerprint density at radius 3 is 2.46 bits per heavy atom. The minimum Gasteiger partial charge on any atom is -0.493 e. The molecule has 1 aromatic rings. The number of methoxy groups -OCH3 is 2. The summed E-state index contributed by atoms with van der Waals surface area (Å²) in [6, 6.07) is 7.56. The largest absolute Gasteiger partial charge is 0.493 e. The van der Waals surface area contributed by atoms with Crippen LogP contribution in [0, 0.1) is 0 Å². The lowest BCUT2D eigenvalue weighted by Crippen LogP contribution is -2.42. The van der Waals surface area contributed by atoms with Gasteiger partial charge in [-0.3, -0.25) is 9.79 Å². The molecule has 0 saturated carbocycles. The molecular formula is C18H30IN3O4. The number of hydrogen-bond acceptors (Lipinski definition) is 5. The van der Waals surface area contributed by atoms with Gasteiger partial charge in [0.05, 0.1) is 20.8 Å². The quantitative estimate of drug-likeness (QED) is 0.177. The Bertz CT molecular complexity index is 555. The minimum absolute atomic E-state index is 0. The average Bonchev–Trinajstić information content (AvgIpc) is 2.64. The molecule has 7 nitrogen and oxygen atoms in total. The Labute approximate surface area is 172 Å². The van der Waals surface area contributed by atoms with Crippen LogP contribution in [0.3, 0.4) is 0 Å². The predicted molar refractivity (Wildman–Crippen MR) is 114 cm³/mol. The molecule has 1 rings (SSSR count). The van der Waals surface area contributed by atoms with Crippen LogP contribution >= 0.6 is 24.0 Å². The summed E-state index contributed by atoms with van der Waals surface area (Å²) in [5.41, 5.74) is 0. The van der Waals surface area contributed by atoms with E-state index in [1.54, 1.807) is 14.2 Å². The van der Waals surface area contributed by atoms with Crippen molar-refractivity contribution in [2.75, 3.05) is 34.4 Å². The second-order valence-corrected chi connectivity index (χ2v) is 5.49. The first-order valence-corrected chi connectivity index (χ1v) is 8.41. The Morgan fingerprint density at radius 2 is 1.85 bits per heavy atom. The summed E-state index contributed by atoms with van der Waals surface area (Å²) < 4.78 is 15.8. The second kappa shape index (κ2) is 14.5. The van der Waals surface area contributed by atoms with Crippen molar-refractivity contribution in [3.63, 3.8) is 0 Å². The third-order valence-electron chi connectivity index (χ3n) is 3.51. The molecule has 148 valence electrons. The van der Waals surface area contributed by atoms with Crippen molar-refractivity contribution in [1.29, 1.82) is 0 Å². The van der Waals surface area contributed by atoms with E-state index in [1.807, 2.05) is 31.2 Å². The van der Waals surface area contributed by atoms with Crippen molar-refractivity contribution in [3.05, 3.63) is 24.3 Å². The molecule has 1 aromatic carbocycles. The van der Waals surface area contributed by atoms with Crippen LogP contribution in [-0.4, -0.2) is 52.4 Å². The van der Waals surface area contributed by atoms with Crippen molar-refractivity contribution in [3.8, 4) is 11.5 Å². The molecule has 0 bridgehead atoms. The van der Waals surface area contributed by atoms with Gasteiger partial charge in [-0.2, -0.15) is 0 Å². The van der Waals surface area contributed by atoms with Crippen molar-refractivity contribution >= 4 is 35.9 Å². The fourth-order valence-electron chi connectivity index (χ4n) is 2.14. The van der Waals surface area contributed by atoms with Gasteiger partial charge in [0.15, 0.2) is 17.5 Å². The lowest BCUT2D eigenvalue weighted by Gasteiger charge is -2.19. The number of guanidine groups is 1. The molecule has 0 aliphatic carbocycles. The molecule has 2 N–H and O–H groups in total. The van der Waals surface area contributed by atoms with E-state index in [4.69, 9.17) is 9.47 Å². The highest BCUT2D eigenvalue weighted by molar-refractivity contribution is 14.0. The van der Waals surface area contributed by atoms with Crippen molar-refractivity contribution in [2.24, 2.45) is 4.99 Å². The van der Waals surface area contributed by atoms with E-state index in [0.717, 1.165) is 19.4 Å². The number of nitrogens with zero attached hydrogens (tertiary/aromatic N) is 1. The Kier molecular flexibility index (Phi) is 13.5. The third-order valence-corrected chi connectivity index (χ3v) is 3.51. The number of carbonyl (C=O) groups is 1. The van der Waals surface area contributed by atoms with Gasteiger partial charge >= 0.3 is 5.97 Å². The summed E-state index contributed by atoms with van der Waals surface area (Å²) in [6.45, 7) is 3.31. The zero-order chi connectivity index (χ0) is 18.5. The highest BCUT2D eigenvalue weighted by Gasteiger charge is 2.09. The summed E-state index contributed by atoms with van der Waals surface area (Å²) in [7, 11) is 4.74. The zero-order valence-corrected chi connectivity index (χ0v) is 18.2. The van der Waals surface area contributed by atoms with E-state index < -0.39 is 0 Å². The van der Waals surface area contributed by atoms with Crippen LogP contribution in [0.4, 0.5) is 0 Å². The topological polar surface area (TPSA) is 81.2 Å². The molecular weight excluding hydrogens is 449 g/mol. The number of carbonyl (C=O) groups excluding carboxylic acids is 1. The van der Waals surface area contributed by atoms with Gasteiger partial charge in [-0.15, -0.1) is 24.0 Å². The standard InChI is InChI=1S/C18H29N3O4.HI/c1-14(25-16-10-6-5-9-15(16)23-3)13-21-18(19-2)20-12-8-7-11-17(22)24-4;/h5-6,9-10,14H,7-8,11-13H2,1-4H3,(H2,19,20,21);1H. The number of hydrogen-bond donors (Lipinski definition) is 2. The number of rotatable bonds is 10. The maximum atomic E-state index is 11.0. The van der Waals surface area contributed by atoms with Gasteiger partial charge in [0.2, 0.25) is 0 Å². The number of para-hydroxylation sites is 2. The number of halogens is 1. The molecule has 0 aromatic heterocycles. The smallest absolute Gasteiger partial charge is 0.305 e. The van der Waals surface area contributed by atoms with Crippen LogP contribution < -0.4 is 20.1 Å². The predicted octanol–water partition coefficient (Wildman–Crippen LogP) is 2.59. The SMILES string of the molecule is CN=C(NCCCCC(=O)OC)NCC(C)Oc1ccccc1OC.I. The van der Waals surface area contributed by atoms with E-state index >= 15 is 0 Å². The molecule has 26 heavy (non-hydrogen) atoms. The summed E-state index contributed by atoms with van der Waals surface area (Å²) in [5, 5.41) is 6.43. The van der Waals surface area contributed by atoms with Crippen LogP contribution in [-0.2, 0) is 9.53 Å². The fourth-order valence-corrected chi connectivity index (χ4v) is 2.14. The first-order chi connectivity index (χ1) is 12.1. The molecule has 0 aliphatic rings. The van der Waals surface area contributed by atoms with Crippen molar-refractivity contribution in [1.82, 2.24) is 10.6 Å². The lowest BCUT2D eigenvalue weighted by atomic mass is 10.2. The van der Waals surface area contributed by atoms with Crippen LogP contribution in [0.15, 0.2) is 29.3 Å². The monoisotopic (exact) mass is 479 g/mol. The number of esters is 1. The van der Waals surface area contributed by atoms with Crippen LogP contribution in [0.25, 0.3) is 0 Å². The molecule has 0 heterocycles. The minimum atomic E-state index is -0.176. The van der Waals surface area contributed by atoms with Crippen molar-refractivity contribution in [2.45, 2.75) is 32.3 Å². The number of unbranched alkanes of at least 4 members (excludes halogenated alkanes) is 1. The highest BCUT2D eigenvalue weighted by Crippen LogP contribution is 2.26. The summed E-state index contributed by atoms with van der Waals surface area (Å²) >= 11 is 0. The van der Waals surface area contributed by atoms with Crippen LogP contribution in [0.5, 0.6) is 11.5 Å². The number of nitrogens with one attached hydrogen (secondary N) is 2. The highest BCUT2D eigenvalue weighted by atomic mass is 127. The molecule has 8 heteroatoms. The molecule has 0 aliphatic heterocycles. The van der Waals surface area contributed by atoms with Crippen LogP contribution in [0.1, 0.15) is 26.2 Å². The molecule has 0 saturated heterocycles. The maximum Gasteiger partial charge on any atom is 0.305 e. The van der Waals surface area contributed by atoms with Gasteiger partial charge < -0.3 is 24.8 Å². The van der Waals surface area contributed by atoms with E-state index in [9.17, 15) is 4.79 Å². The van der Waals surface area contributed by atoms with E-state index in [1.165, 1.54) is 7.11 Å². The Morgan fingerprint density at radius 1 is 1.15 bits per heavy atom. The zero-order valence-electron chi connectivity index (χ0n) is 15.9. The molecule has 0 spiro atoms. The third kappa shape index (κ3) is 9.69. The van der Waals surface area contributed by atoms with Crippen molar-refractivity contribution < 1.29 is 19.0 Å². The first kappa shape index (κ1) is 24.3. The number of ether oxygens (including phenoxy) is 3. The molecule has 1 unspecified atom stereocenters. The number of benzene rings is 1. The Hall–Kier alpha value is -1.71. The van der Waals surface area contributed by atoms with Gasteiger partial charge in [-0.1, -0.05) is 12.1 Å². The summed E-state index contributed by atoms with van der Waals surface area (Å²) in [4.78, 5) is 15.2. The van der Waals surface area contributed by atoms with Gasteiger partial charge in [0.25, 0.3) is 0 Å². The van der Waals surface area contributed by atoms with E-state index in [-0.39, 0.29) is 36.0 Å².